The van der Waals surface area contributed by atoms with Crippen molar-refractivity contribution in [2.24, 2.45) is 5.92 Å². The lowest BCUT2D eigenvalue weighted by atomic mass is 9.93. The Kier molecular flexibility index (Phi) is 3.88. The van der Waals surface area contributed by atoms with E-state index in [4.69, 9.17) is 0 Å². The molecule has 21 heavy (non-hydrogen) atoms. The van der Waals surface area contributed by atoms with Crippen LogP contribution in [0.5, 0.6) is 0 Å². The first-order valence-electron chi connectivity index (χ1n) is 7.38. The zero-order valence-electron chi connectivity index (χ0n) is 11.8. The minimum Gasteiger partial charge on any atom is -0.342 e. The van der Waals surface area contributed by atoms with Gasteiger partial charge in [-0.3, -0.25) is 14.9 Å². The fourth-order valence-electron chi connectivity index (χ4n) is 3.34. The van der Waals surface area contributed by atoms with Gasteiger partial charge in [-0.1, -0.05) is 12.1 Å². The van der Waals surface area contributed by atoms with Crippen molar-refractivity contribution in [3.8, 4) is 0 Å². The maximum absolute atomic E-state index is 12.4. The molecule has 0 radical (unpaired) electrons. The molecule has 2 saturated heterocycles. The van der Waals surface area contributed by atoms with Crippen LogP contribution in [0.2, 0.25) is 0 Å². The summed E-state index contributed by atoms with van der Waals surface area (Å²) in [6.45, 7) is 2.63. The Morgan fingerprint density at radius 1 is 1.43 bits per heavy atom. The fourth-order valence-corrected chi connectivity index (χ4v) is 3.34. The predicted octanol–water partition coefficient (Wildman–Crippen LogP) is 1.35. The lowest BCUT2D eigenvalue weighted by molar-refractivity contribution is -0.384. The highest BCUT2D eigenvalue weighted by Gasteiger charge is 2.34. The van der Waals surface area contributed by atoms with Crippen LogP contribution in [0.25, 0.3) is 0 Å². The van der Waals surface area contributed by atoms with Crippen LogP contribution >= 0.6 is 0 Å². The molecule has 3 rings (SSSR count). The van der Waals surface area contributed by atoms with Gasteiger partial charge in [0.25, 0.3) is 5.69 Å². The summed E-state index contributed by atoms with van der Waals surface area (Å²) in [4.78, 5) is 24.6. The summed E-state index contributed by atoms with van der Waals surface area (Å²) < 4.78 is 0. The molecule has 2 unspecified atom stereocenters. The molecule has 1 N–H and O–H groups in total. The first-order valence-corrected chi connectivity index (χ1v) is 7.38. The van der Waals surface area contributed by atoms with E-state index in [1.54, 1.807) is 12.1 Å². The Labute approximate surface area is 123 Å². The standard InChI is InChI=1S/C15H19N3O3/c19-15(9-11-2-1-3-13(8-11)18(20)21)17-7-5-14-12(10-17)4-6-16-14/h1-3,8,12,14,16H,4-7,9-10H2. The van der Waals surface area contributed by atoms with E-state index in [0.29, 0.717) is 17.5 Å². The average Bonchev–Trinajstić information content (AvgIpc) is 2.94. The van der Waals surface area contributed by atoms with E-state index in [0.717, 1.165) is 32.5 Å². The molecule has 2 aliphatic rings. The van der Waals surface area contributed by atoms with Gasteiger partial charge in [0.1, 0.15) is 0 Å². The highest BCUT2D eigenvalue weighted by atomic mass is 16.6. The molecule has 2 fully saturated rings. The Morgan fingerprint density at radius 3 is 3.10 bits per heavy atom. The van der Waals surface area contributed by atoms with E-state index in [1.807, 2.05) is 4.90 Å². The van der Waals surface area contributed by atoms with Crippen LogP contribution in [-0.2, 0) is 11.2 Å². The zero-order valence-corrected chi connectivity index (χ0v) is 11.8. The number of piperidine rings is 1. The molecule has 112 valence electrons. The van der Waals surface area contributed by atoms with E-state index >= 15 is 0 Å². The number of nitro benzene ring substituents is 1. The fraction of sp³-hybridized carbons (Fsp3) is 0.533. The van der Waals surface area contributed by atoms with Crippen LogP contribution in [0.1, 0.15) is 18.4 Å². The van der Waals surface area contributed by atoms with E-state index < -0.39 is 4.92 Å². The summed E-state index contributed by atoms with van der Waals surface area (Å²) >= 11 is 0. The smallest absolute Gasteiger partial charge is 0.269 e. The molecular formula is C15H19N3O3. The molecule has 6 nitrogen and oxygen atoms in total. The highest BCUT2D eigenvalue weighted by molar-refractivity contribution is 5.79. The molecule has 0 spiro atoms. The predicted molar refractivity (Wildman–Crippen MR) is 77.9 cm³/mol. The van der Waals surface area contributed by atoms with Crippen molar-refractivity contribution in [2.45, 2.75) is 25.3 Å². The second-order valence-electron chi connectivity index (χ2n) is 5.84. The van der Waals surface area contributed by atoms with Gasteiger partial charge in [0.15, 0.2) is 0 Å². The van der Waals surface area contributed by atoms with Gasteiger partial charge in [0.2, 0.25) is 5.91 Å². The number of nitro groups is 1. The molecular weight excluding hydrogens is 270 g/mol. The number of nitrogens with one attached hydrogen (secondary N) is 1. The summed E-state index contributed by atoms with van der Waals surface area (Å²) in [7, 11) is 0. The summed E-state index contributed by atoms with van der Waals surface area (Å²) in [6, 6.07) is 6.90. The van der Waals surface area contributed by atoms with Gasteiger partial charge >= 0.3 is 0 Å². The Morgan fingerprint density at radius 2 is 2.29 bits per heavy atom. The Hall–Kier alpha value is -1.95. The molecule has 0 bridgehead atoms. The quantitative estimate of drug-likeness (QED) is 0.673. The maximum atomic E-state index is 12.4. The molecule has 1 aromatic rings. The van der Waals surface area contributed by atoms with Crippen LogP contribution < -0.4 is 5.32 Å². The van der Waals surface area contributed by atoms with Crippen LogP contribution in [-0.4, -0.2) is 41.4 Å². The number of fused-ring (bicyclic) bond motifs is 1. The lowest BCUT2D eigenvalue weighted by Gasteiger charge is -2.35. The second kappa shape index (κ2) is 5.81. The number of non-ortho nitro benzene ring substituents is 1. The molecule has 1 aromatic carbocycles. The van der Waals surface area contributed by atoms with Crippen molar-refractivity contribution in [2.75, 3.05) is 19.6 Å². The van der Waals surface area contributed by atoms with Gasteiger partial charge in [-0.2, -0.15) is 0 Å². The second-order valence-corrected chi connectivity index (χ2v) is 5.84. The minimum absolute atomic E-state index is 0.0407. The molecule has 2 heterocycles. The van der Waals surface area contributed by atoms with Gasteiger partial charge in [-0.05, 0) is 30.9 Å². The first-order chi connectivity index (χ1) is 10.1. The van der Waals surface area contributed by atoms with E-state index in [1.165, 1.54) is 12.1 Å². The van der Waals surface area contributed by atoms with Crippen molar-refractivity contribution in [3.05, 3.63) is 39.9 Å². The summed E-state index contributed by atoms with van der Waals surface area (Å²) in [5, 5.41) is 14.2. The molecule has 0 aromatic heterocycles. The number of carbonyl (C=O) groups is 1. The SMILES string of the molecule is O=C(Cc1cccc([N+](=O)[O-])c1)N1CCC2NCCC2C1. The van der Waals surface area contributed by atoms with Crippen LogP contribution in [0.15, 0.2) is 24.3 Å². The molecule has 1 amide bonds. The molecule has 2 aliphatic heterocycles. The molecule has 0 saturated carbocycles. The number of benzene rings is 1. The largest absolute Gasteiger partial charge is 0.342 e. The summed E-state index contributed by atoms with van der Waals surface area (Å²) in [5.74, 6) is 0.633. The topological polar surface area (TPSA) is 75.5 Å². The first kappa shape index (κ1) is 14.0. The number of amides is 1. The third-order valence-corrected chi connectivity index (χ3v) is 4.49. The highest BCUT2D eigenvalue weighted by Crippen LogP contribution is 2.25. The Balaban J connectivity index is 1.63. The maximum Gasteiger partial charge on any atom is 0.269 e. The van der Waals surface area contributed by atoms with Crippen LogP contribution in [0.3, 0.4) is 0 Å². The lowest BCUT2D eigenvalue weighted by Crippen LogP contribution is -2.47. The van der Waals surface area contributed by atoms with Gasteiger partial charge in [-0.15, -0.1) is 0 Å². The average molecular weight is 289 g/mol. The third kappa shape index (κ3) is 3.05. The molecule has 6 heteroatoms. The van der Waals surface area contributed by atoms with Gasteiger partial charge in [-0.25, -0.2) is 0 Å². The number of hydrogen-bond donors (Lipinski definition) is 1. The van der Waals surface area contributed by atoms with Crippen molar-refractivity contribution >= 4 is 11.6 Å². The molecule has 0 aliphatic carbocycles. The minimum atomic E-state index is -0.427. The zero-order chi connectivity index (χ0) is 14.8. The Bertz CT molecular complexity index is 561. The van der Waals surface area contributed by atoms with Crippen molar-refractivity contribution in [1.82, 2.24) is 10.2 Å². The number of nitrogens with zero attached hydrogens (tertiary/aromatic N) is 2. The van der Waals surface area contributed by atoms with E-state index in [9.17, 15) is 14.9 Å². The normalized spacial score (nSPS) is 24.7. The van der Waals surface area contributed by atoms with Gasteiger partial charge in [0.05, 0.1) is 11.3 Å². The van der Waals surface area contributed by atoms with Crippen molar-refractivity contribution in [3.63, 3.8) is 0 Å². The van der Waals surface area contributed by atoms with Gasteiger partial charge < -0.3 is 10.2 Å². The molecule has 2 atom stereocenters. The van der Waals surface area contributed by atoms with Crippen molar-refractivity contribution in [1.29, 1.82) is 0 Å². The third-order valence-electron chi connectivity index (χ3n) is 4.49. The van der Waals surface area contributed by atoms with Crippen LogP contribution in [0, 0.1) is 16.0 Å². The number of carbonyl (C=O) groups excluding carboxylic acids is 1. The van der Waals surface area contributed by atoms with Crippen molar-refractivity contribution < 1.29 is 9.72 Å². The van der Waals surface area contributed by atoms with E-state index in [-0.39, 0.29) is 18.0 Å². The summed E-state index contributed by atoms with van der Waals surface area (Å²) in [5.41, 5.74) is 0.750. The number of rotatable bonds is 3. The number of likely N-dealkylation sites (tertiary alicyclic amines) is 1. The number of hydrogen-bond acceptors (Lipinski definition) is 4. The monoisotopic (exact) mass is 289 g/mol. The van der Waals surface area contributed by atoms with Crippen LogP contribution in [0.4, 0.5) is 5.69 Å². The summed E-state index contributed by atoms with van der Waals surface area (Å²) in [6.07, 6.45) is 2.38. The van der Waals surface area contributed by atoms with E-state index in [2.05, 4.69) is 5.32 Å². The van der Waals surface area contributed by atoms with Gasteiger partial charge in [0, 0.05) is 31.3 Å².